The highest BCUT2D eigenvalue weighted by Crippen LogP contribution is 2.24. The van der Waals surface area contributed by atoms with Crippen LogP contribution in [-0.2, 0) is 13.5 Å². The Morgan fingerprint density at radius 3 is 2.57 bits per heavy atom. The van der Waals surface area contributed by atoms with Crippen LogP contribution in [-0.4, -0.2) is 16.0 Å². The summed E-state index contributed by atoms with van der Waals surface area (Å²) >= 11 is 0. The van der Waals surface area contributed by atoms with Crippen LogP contribution in [0.5, 0.6) is 0 Å². The Morgan fingerprint density at radius 2 is 2.14 bits per heavy atom. The van der Waals surface area contributed by atoms with E-state index in [-0.39, 0.29) is 17.1 Å². The van der Waals surface area contributed by atoms with Gasteiger partial charge in [-0.15, -0.1) is 0 Å². The predicted octanol–water partition coefficient (Wildman–Crippen LogP) is 0.979. The molecule has 0 bridgehead atoms. The number of rotatable bonds is 1. The molecule has 1 aromatic rings. The number of aromatic nitrogens is 2. The Kier molecular flexibility index (Phi) is 2.38. The smallest absolute Gasteiger partial charge is 0.383 e. The van der Waals surface area contributed by atoms with Crippen LogP contribution in [0, 0.1) is 11.3 Å². The molecule has 0 spiro atoms. The van der Waals surface area contributed by atoms with Gasteiger partial charge in [-0.2, -0.15) is 23.5 Å². The molecule has 4 nitrogen and oxygen atoms in total. The van der Waals surface area contributed by atoms with Crippen LogP contribution in [0.4, 0.5) is 19.0 Å². The van der Waals surface area contributed by atoms with Crippen LogP contribution >= 0.6 is 0 Å². The molecule has 14 heavy (non-hydrogen) atoms. The third-order valence-electron chi connectivity index (χ3n) is 1.64. The molecule has 0 amide bonds. The first-order chi connectivity index (χ1) is 6.35. The van der Waals surface area contributed by atoms with E-state index in [0.717, 1.165) is 4.68 Å². The number of nitrogen functional groups attached to an aromatic ring is 1. The summed E-state index contributed by atoms with van der Waals surface area (Å²) in [5.41, 5.74) is 4.81. The Morgan fingerprint density at radius 1 is 1.57 bits per heavy atom. The minimum atomic E-state index is -4.38. The molecule has 0 fully saturated rings. The molecular weight excluding hydrogens is 197 g/mol. The third-order valence-corrected chi connectivity index (χ3v) is 1.64. The van der Waals surface area contributed by atoms with E-state index < -0.39 is 12.6 Å². The SMILES string of the molecule is Cn1nc(CC(F)(F)F)c(C#N)c1N. The maximum absolute atomic E-state index is 12.0. The fraction of sp³-hybridized carbons (Fsp3) is 0.429. The van der Waals surface area contributed by atoms with Crippen molar-refractivity contribution in [1.29, 1.82) is 5.26 Å². The lowest BCUT2D eigenvalue weighted by Gasteiger charge is -2.02. The Hall–Kier alpha value is -1.71. The number of hydrogen-bond donors (Lipinski definition) is 1. The zero-order valence-electron chi connectivity index (χ0n) is 7.26. The minimum Gasteiger partial charge on any atom is -0.383 e. The summed E-state index contributed by atoms with van der Waals surface area (Å²) in [6.45, 7) is 0. The molecule has 0 aliphatic carbocycles. The predicted molar refractivity (Wildman–Crippen MR) is 42.1 cm³/mol. The molecule has 0 aromatic carbocycles. The first-order valence-corrected chi connectivity index (χ1v) is 3.63. The number of nitrogens with two attached hydrogens (primary N) is 1. The average molecular weight is 204 g/mol. The Bertz CT molecular complexity index is 385. The highest BCUT2D eigenvalue weighted by Gasteiger charge is 2.31. The van der Waals surface area contributed by atoms with E-state index in [1.807, 2.05) is 0 Å². The quantitative estimate of drug-likeness (QED) is 0.741. The van der Waals surface area contributed by atoms with Gasteiger partial charge in [0, 0.05) is 7.05 Å². The minimum absolute atomic E-state index is 0.0493. The fourth-order valence-electron chi connectivity index (χ4n) is 1.03. The topological polar surface area (TPSA) is 67.6 Å². The van der Waals surface area contributed by atoms with Crippen molar-refractivity contribution in [2.75, 3.05) is 5.73 Å². The zero-order valence-corrected chi connectivity index (χ0v) is 7.26. The Labute approximate surface area is 77.7 Å². The van der Waals surface area contributed by atoms with E-state index in [1.165, 1.54) is 7.05 Å². The molecule has 76 valence electrons. The molecule has 0 saturated carbocycles. The highest BCUT2D eigenvalue weighted by atomic mass is 19.4. The van der Waals surface area contributed by atoms with Gasteiger partial charge in [-0.3, -0.25) is 4.68 Å². The van der Waals surface area contributed by atoms with Crippen LogP contribution in [0.1, 0.15) is 11.3 Å². The van der Waals surface area contributed by atoms with E-state index in [2.05, 4.69) is 5.10 Å². The number of nitriles is 1. The van der Waals surface area contributed by atoms with Crippen molar-refractivity contribution in [3.05, 3.63) is 11.3 Å². The third kappa shape index (κ3) is 1.96. The normalized spacial score (nSPS) is 11.4. The summed E-state index contributed by atoms with van der Waals surface area (Å²) < 4.78 is 37.1. The lowest BCUT2D eigenvalue weighted by atomic mass is 10.2. The number of alkyl halides is 3. The van der Waals surface area contributed by atoms with E-state index in [9.17, 15) is 13.2 Å². The molecule has 0 aliphatic heterocycles. The number of nitrogens with zero attached hydrogens (tertiary/aromatic N) is 3. The molecule has 0 unspecified atom stereocenters. The van der Waals surface area contributed by atoms with Crippen LogP contribution in [0.2, 0.25) is 0 Å². The molecule has 0 radical (unpaired) electrons. The van der Waals surface area contributed by atoms with Gasteiger partial charge in [-0.25, -0.2) is 0 Å². The van der Waals surface area contributed by atoms with Gasteiger partial charge < -0.3 is 5.73 Å². The molecule has 0 aliphatic rings. The summed E-state index contributed by atoms with van der Waals surface area (Å²) in [5.74, 6) is -0.0493. The van der Waals surface area contributed by atoms with Crippen LogP contribution in [0.15, 0.2) is 0 Å². The molecule has 0 saturated heterocycles. The van der Waals surface area contributed by atoms with Gasteiger partial charge in [-0.05, 0) is 0 Å². The maximum Gasteiger partial charge on any atom is 0.394 e. The van der Waals surface area contributed by atoms with Crippen molar-refractivity contribution in [3.63, 3.8) is 0 Å². The van der Waals surface area contributed by atoms with Gasteiger partial charge in [0.25, 0.3) is 0 Å². The molecule has 1 heterocycles. The van der Waals surface area contributed by atoms with Crippen molar-refractivity contribution in [1.82, 2.24) is 9.78 Å². The largest absolute Gasteiger partial charge is 0.394 e. The summed E-state index contributed by atoms with van der Waals surface area (Å²) in [4.78, 5) is 0. The lowest BCUT2D eigenvalue weighted by molar-refractivity contribution is -0.127. The van der Waals surface area contributed by atoms with Crippen molar-refractivity contribution >= 4 is 5.82 Å². The molecule has 7 heteroatoms. The molecule has 2 N–H and O–H groups in total. The molecule has 1 rings (SSSR count). The molecule has 1 aromatic heterocycles. The fourth-order valence-corrected chi connectivity index (χ4v) is 1.03. The second-order valence-electron chi connectivity index (χ2n) is 2.73. The van der Waals surface area contributed by atoms with Gasteiger partial charge in [0.1, 0.15) is 17.5 Å². The Balaban J connectivity index is 3.11. The van der Waals surface area contributed by atoms with Crippen molar-refractivity contribution < 1.29 is 13.2 Å². The van der Waals surface area contributed by atoms with Crippen molar-refractivity contribution in [3.8, 4) is 6.07 Å². The first kappa shape index (κ1) is 10.4. The van der Waals surface area contributed by atoms with Gasteiger partial charge in [0.05, 0.1) is 12.1 Å². The summed E-state index contributed by atoms with van der Waals surface area (Å²) in [6, 6.07) is 1.60. The van der Waals surface area contributed by atoms with Crippen molar-refractivity contribution in [2.45, 2.75) is 12.6 Å². The van der Waals surface area contributed by atoms with Crippen LogP contribution in [0.3, 0.4) is 0 Å². The van der Waals surface area contributed by atoms with Gasteiger partial charge >= 0.3 is 6.18 Å². The number of anilines is 1. The second-order valence-corrected chi connectivity index (χ2v) is 2.73. The summed E-state index contributed by atoms with van der Waals surface area (Å²) in [6.07, 6.45) is -5.62. The number of aryl methyl sites for hydroxylation is 1. The monoisotopic (exact) mass is 204 g/mol. The lowest BCUT2D eigenvalue weighted by Crippen LogP contribution is -2.13. The average Bonchev–Trinajstić information content (AvgIpc) is 2.24. The van der Waals surface area contributed by atoms with Gasteiger partial charge in [-0.1, -0.05) is 0 Å². The standard InChI is InChI=1S/C7H7F3N4/c1-14-6(12)4(3-11)5(13-14)2-7(8,9)10/h2,12H2,1H3. The zero-order chi connectivity index (χ0) is 10.9. The number of hydrogen-bond acceptors (Lipinski definition) is 3. The van der Waals surface area contributed by atoms with Crippen LogP contribution in [0.25, 0.3) is 0 Å². The van der Waals surface area contributed by atoms with Gasteiger partial charge in [0.15, 0.2) is 0 Å². The van der Waals surface area contributed by atoms with E-state index in [4.69, 9.17) is 11.0 Å². The number of halogens is 3. The second kappa shape index (κ2) is 3.21. The molecular formula is C7H7F3N4. The summed E-state index contributed by atoms with van der Waals surface area (Å²) in [5, 5.41) is 12.1. The van der Waals surface area contributed by atoms with Gasteiger partial charge in [0.2, 0.25) is 0 Å². The molecule has 0 atom stereocenters. The van der Waals surface area contributed by atoms with E-state index in [0.29, 0.717) is 0 Å². The first-order valence-electron chi connectivity index (χ1n) is 3.63. The highest BCUT2D eigenvalue weighted by molar-refractivity contribution is 5.52. The van der Waals surface area contributed by atoms with Crippen molar-refractivity contribution in [2.24, 2.45) is 7.05 Å². The van der Waals surface area contributed by atoms with E-state index in [1.54, 1.807) is 6.07 Å². The van der Waals surface area contributed by atoms with Crippen LogP contribution < -0.4 is 5.73 Å². The summed E-state index contributed by atoms with van der Waals surface area (Å²) in [7, 11) is 1.38. The maximum atomic E-state index is 12.0. The van der Waals surface area contributed by atoms with E-state index >= 15 is 0 Å².